The lowest BCUT2D eigenvalue weighted by molar-refractivity contribution is -0.141. The fourth-order valence-electron chi connectivity index (χ4n) is 3.88. The lowest BCUT2D eigenvalue weighted by Crippen LogP contribution is -2.41. The van der Waals surface area contributed by atoms with Crippen molar-refractivity contribution in [2.24, 2.45) is 0 Å². The van der Waals surface area contributed by atoms with Crippen LogP contribution >= 0.6 is 0 Å². The van der Waals surface area contributed by atoms with Gasteiger partial charge in [0.15, 0.2) is 0 Å². The van der Waals surface area contributed by atoms with Crippen molar-refractivity contribution in [3.8, 4) is 5.75 Å². The normalized spacial score (nSPS) is 16.4. The molecule has 0 aliphatic heterocycles. The average Bonchev–Trinajstić information content (AvgIpc) is 3.28. The molecule has 0 heterocycles. The molecule has 2 aliphatic carbocycles. The van der Waals surface area contributed by atoms with E-state index in [-0.39, 0.29) is 0 Å². The highest BCUT2D eigenvalue weighted by Gasteiger charge is 2.22. The summed E-state index contributed by atoms with van der Waals surface area (Å²) in [6, 6.07) is 4.64. The molecule has 5 heteroatoms. The van der Waals surface area contributed by atoms with Crippen LogP contribution in [0, 0.1) is 0 Å². The summed E-state index contributed by atoms with van der Waals surface area (Å²) >= 11 is 0. The Balaban J connectivity index is 1.66. The van der Waals surface area contributed by atoms with E-state index in [0.717, 1.165) is 48.0 Å². The predicted octanol–water partition coefficient (Wildman–Crippen LogP) is 6.18. The monoisotopic (exact) mass is 471 g/mol. The summed E-state index contributed by atoms with van der Waals surface area (Å²) in [5.41, 5.74) is 4.19. The second kappa shape index (κ2) is 13.1. The molecular weight excluding hydrogens is 438 g/mol. The van der Waals surface area contributed by atoms with Crippen LogP contribution in [0.2, 0.25) is 0 Å². The number of rotatable bonds is 10. The predicted molar refractivity (Wildman–Crippen MR) is 142 cm³/mol. The van der Waals surface area contributed by atoms with Gasteiger partial charge in [0.25, 0.3) is 0 Å². The van der Waals surface area contributed by atoms with E-state index in [9.17, 15) is 14.7 Å². The van der Waals surface area contributed by atoms with E-state index in [1.807, 2.05) is 48.6 Å². The molecule has 0 bridgehead atoms. The Labute approximate surface area is 207 Å². The van der Waals surface area contributed by atoms with Gasteiger partial charge in [-0.15, -0.1) is 0 Å². The number of carbonyl (C=O) groups excluding carboxylic acids is 1. The molecule has 1 aromatic carbocycles. The molecular formula is C30H33NO4. The molecule has 1 aromatic rings. The van der Waals surface area contributed by atoms with Gasteiger partial charge in [0.1, 0.15) is 18.4 Å². The number of amides is 1. The van der Waals surface area contributed by atoms with Crippen molar-refractivity contribution in [3.05, 3.63) is 101 Å². The zero-order valence-corrected chi connectivity index (χ0v) is 20.2. The minimum Gasteiger partial charge on any atom is -0.489 e. The molecule has 0 spiro atoms. The van der Waals surface area contributed by atoms with E-state index < -0.39 is 17.9 Å². The van der Waals surface area contributed by atoms with Gasteiger partial charge in [-0.1, -0.05) is 72.9 Å². The van der Waals surface area contributed by atoms with E-state index in [4.69, 9.17) is 4.74 Å². The van der Waals surface area contributed by atoms with E-state index in [0.29, 0.717) is 24.4 Å². The molecule has 1 atom stereocenters. The molecule has 35 heavy (non-hydrogen) atoms. The Kier molecular flexibility index (Phi) is 9.67. The van der Waals surface area contributed by atoms with Gasteiger partial charge in [0.2, 0.25) is 5.91 Å². The maximum atomic E-state index is 12.8. The highest BCUT2D eigenvalue weighted by molar-refractivity contribution is 5.99. The molecule has 0 saturated carbocycles. The van der Waals surface area contributed by atoms with Crippen LogP contribution in [0.1, 0.15) is 50.2 Å². The van der Waals surface area contributed by atoms with Crippen molar-refractivity contribution in [3.63, 3.8) is 0 Å². The van der Waals surface area contributed by atoms with Crippen molar-refractivity contribution >= 4 is 24.0 Å². The first-order valence-corrected chi connectivity index (χ1v) is 11.9. The topological polar surface area (TPSA) is 75.6 Å². The van der Waals surface area contributed by atoms with Crippen molar-refractivity contribution < 1.29 is 19.4 Å². The summed E-state index contributed by atoms with van der Waals surface area (Å²) in [7, 11) is 0. The van der Waals surface area contributed by atoms with Gasteiger partial charge >= 0.3 is 5.97 Å². The fourth-order valence-corrected chi connectivity index (χ4v) is 3.88. The number of carboxylic acid groups (broad SMARTS) is 1. The maximum Gasteiger partial charge on any atom is 0.326 e. The number of hydrogen-bond acceptors (Lipinski definition) is 3. The maximum absolute atomic E-state index is 12.8. The van der Waals surface area contributed by atoms with Gasteiger partial charge in [-0.25, -0.2) is 4.79 Å². The Morgan fingerprint density at radius 1 is 1.20 bits per heavy atom. The number of carbonyl (C=O) groups is 2. The first kappa shape index (κ1) is 25.8. The van der Waals surface area contributed by atoms with Gasteiger partial charge in [0, 0.05) is 5.57 Å². The fraction of sp³-hybridized carbons (Fsp3) is 0.267. The Morgan fingerprint density at radius 3 is 2.86 bits per heavy atom. The van der Waals surface area contributed by atoms with Crippen LogP contribution < -0.4 is 10.1 Å². The first-order chi connectivity index (χ1) is 17.0. The van der Waals surface area contributed by atoms with Crippen LogP contribution in [0.4, 0.5) is 0 Å². The minimum absolute atomic E-state index is 0.296. The molecule has 0 aromatic heterocycles. The third-order valence-electron chi connectivity index (χ3n) is 5.89. The summed E-state index contributed by atoms with van der Waals surface area (Å²) in [6.07, 6.45) is 23.7. The van der Waals surface area contributed by atoms with Gasteiger partial charge in [-0.2, -0.15) is 0 Å². The van der Waals surface area contributed by atoms with Crippen molar-refractivity contribution in [2.45, 2.75) is 45.1 Å². The molecule has 1 amide bonds. The number of hydrogen-bond donors (Lipinski definition) is 2. The minimum atomic E-state index is -1.04. The summed E-state index contributed by atoms with van der Waals surface area (Å²) in [5, 5.41) is 12.3. The third-order valence-corrected chi connectivity index (χ3v) is 5.89. The molecule has 0 fully saturated rings. The van der Waals surface area contributed by atoms with Crippen LogP contribution in [0.3, 0.4) is 0 Å². The summed E-state index contributed by atoms with van der Waals surface area (Å²) in [4.78, 5) is 24.6. The second-order valence-corrected chi connectivity index (χ2v) is 8.63. The van der Waals surface area contributed by atoms with Gasteiger partial charge in [-0.3, -0.25) is 4.79 Å². The number of nitrogens with one attached hydrogen (secondary N) is 1. The van der Waals surface area contributed by atoms with E-state index in [2.05, 4.69) is 30.1 Å². The van der Waals surface area contributed by atoms with Crippen LogP contribution in [0.15, 0.2) is 90.1 Å². The highest BCUT2D eigenvalue weighted by atomic mass is 16.5. The van der Waals surface area contributed by atoms with E-state index in [1.165, 1.54) is 0 Å². The molecule has 0 radical (unpaired) electrons. The molecule has 0 saturated heterocycles. The molecule has 2 aliphatic rings. The largest absolute Gasteiger partial charge is 0.489 e. The Morgan fingerprint density at radius 2 is 2.06 bits per heavy atom. The summed E-state index contributed by atoms with van der Waals surface area (Å²) < 4.78 is 5.94. The number of benzene rings is 1. The SMILES string of the molecule is C=Cc1cc(OCC2=CCC=CC=C2)ccc1/C=C(\C)C(=O)NC(CC1=CC=CCCC1)C(=O)O. The molecule has 2 N–H and O–H groups in total. The number of carboxylic acids is 1. The molecule has 182 valence electrons. The lowest BCUT2D eigenvalue weighted by Gasteiger charge is -2.17. The van der Waals surface area contributed by atoms with Crippen molar-refractivity contribution in [1.82, 2.24) is 5.32 Å². The van der Waals surface area contributed by atoms with E-state index >= 15 is 0 Å². The molecule has 3 rings (SSSR count). The standard InChI is InChI=1S/C30H33NO4/c1-3-25-20-27(35-21-24-14-10-6-7-11-15-24)17-16-26(25)18-22(2)29(32)31-28(30(33)34)19-23-12-8-4-5-9-13-23/h3-4,6-8,10,12,14-18,20,28H,1,5,9,11,13,19,21H2,2H3,(H,31,32)(H,33,34)/b22-18+. The number of ether oxygens (including phenoxy) is 1. The van der Waals surface area contributed by atoms with Gasteiger partial charge in [0.05, 0.1) is 0 Å². The quantitative estimate of drug-likeness (QED) is 0.400. The highest BCUT2D eigenvalue weighted by Crippen LogP contribution is 2.23. The first-order valence-electron chi connectivity index (χ1n) is 11.9. The molecule has 1 unspecified atom stereocenters. The third kappa shape index (κ3) is 8.14. The zero-order chi connectivity index (χ0) is 25.0. The number of allylic oxidation sites excluding steroid dienone is 7. The zero-order valence-electron chi connectivity index (χ0n) is 20.2. The lowest BCUT2D eigenvalue weighted by atomic mass is 10.0. The second-order valence-electron chi connectivity index (χ2n) is 8.63. The van der Waals surface area contributed by atoms with Crippen LogP contribution in [0.25, 0.3) is 12.2 Å². The van der Waals surface area contributed by atoms with Crippen molar-refractivity contribution in [1.29, 1.82) is 0 Å². The van der Waals surface area contributed by atoms with Crippen LogP contribution in [-0.2, 0) is 9.59 Å². The Hall–Kier alpha value is -3.86. The van der Waals surface area contributed by atoms with Crippen LogP contribution in [0.5, 0.6) is 5.75 Å². The summed E-state index contributed by atoms with van der Waals surface area (Å²) in [6.45, 7) is 6.03. The Bertz CT molecular complexity index is 1130. The van der Waals surface area contributed by atoms with Gasteiger partial charge < -0.3 is 15.2 Å². The van der Waals surface area contributed by atoms with Crippen LogP contribution in [-0.4, -0.2) is 29.6 Å². The van der Waals surface area contributed by atoms with Gasteiger partial charge in [-0.05, 0) is 73.9 Å². The average molecular weight is 472 g/mol. The van der Waals surface area contributed by atoms with Crippen molar-refractivity contribution in [2.75, 3.05) is 6.61 Å². The smallest absolute Gasteiger partial charge is 0.326 e. The summed E-state index contributed by atoms with van der Waals surface area (Å²) in [5.74, 6) is -0.733. The number of aliphatic carboxylic acids is 1. The molecule has 5 nitrogen and oxygen atoms in total. The van der Waals surface area contributed by atoms with E-state index in [1.54, 1.807) is 19.1 Å².